The Morgan fingerprint density at radius 1 is 1.47 bits per heavy atom. The van der Waals surface area contributed by atoms with Crippen molar-refractivity contribution in [1.82, 2.24) is 20.2 Å². The van der Waals surface area contributed by atoms with Gasteiger partial charge < -0.3 is 5.73 Å². The molecule has 17 heavy (non-hydrogen) atoms. The second kappa shape index (κ2) is 5.61. The first-order chi connectivity index (χ1) is 8.22. The van der Waals surface area contributed by atoms with E-state index in [1.165, 1.54) is 0 Å². The molecule has 2 aromatic rings. The fourth-order valence-electron chi connectivity index (χ4n) is 1.42. The first-order valence-electron chi connectivity index (χ1n) is 5.06. The summed E-state index contributed by atoms with van der Waals surface area (Å²) in [5.74, 6) is 0. The van der Waals surface area contributed by atoms with Crippen LogP contribution in [0.3, 0.4) is 0 Å². The molecular weight excluding hydrogens is 302 g/mol. The maximum Gasteiger partial charge on any atom is 0.209 e. The van der Waals surface area contributed by atoms with Crippen LogP contribution in [0.15, 0.2) is 33.9 Å². The lowest BCUT2D eigenvalue weighted by atomic mass is 10.1. The fraction of sp³-hybridized carbons (Fsp3) is 0.300. The summed E-state index contributed by atoms with van der Waals surface area (Å²) in [6.45, 7) is 0.528. The third-order valence-corrected chi connectivity index (χ3v) is 4.30. The molecule has 1 atom stereocenters. The van der Waals surface area contributed by atoms with Crippen molar-refractivity contribution in [3.05, 3.63) is 34.3 Å². The molecule has 5 nitrogen and oxygen atoms in total. The van der Waals surface area contributed by atoms with Crippen molar-refractivity contribution in [3.8, 4) is 0 Å². The molecule has 0 amide bonds. The molecule has 90 valence electrons. The van der Waals surface area contributed by atoms with Gasteiger partial charge in [-0.2, -0.15) is 0 Å². The molecule has 0 aliphatic rings. The number of hydrogen-bond donors (Lipinski definition) is 1. The Morgan fingerprint density at radius 2 is 2.24 bits per heavy atom. The van der Waals surface area contributed by atoms with E-state index in [-0.39, 0.29) is 5.25 Å². The van der Waals surface area contributed by atoms with Crippen molar-refractivity contribution in [3.63, 3.8) is 0 Å². The third kappa shape index (κ3) is 2.85. The summed E-state index contributed by atoms with van der Waals surface area (Å²) in [6.07, 6.45) is 0. The highest BCUT2D eigenvalue weighted by molar-refractivity contribution is 9.10. The van der Waals surface area contributed by atoms with Crippen LogP contribution in [-0.4, -0.2) is 26.8 Å². The molecule has 2 rings (SSSR count). The maximum atomic E-state index is 5.82. The largest absolute Gasteiger partial charge is 0.329 e. The summed E-state index contributed by atoms with van der Waals surface area (Å²) in [5, 5.41) is 12.3. The molecule has 1 unspecified atom stereocenters. The molecule has 1 heterocycles. The number of rotatable bonds is 4. The third-order valence-electron chi connectivity index (χ3n) is 2.30. The summed E-state index contributed by atoms with van der Waals surface area (Å²) in [4.78, 5) is 0. The van der Waals surface area contributed by atoms with Gasteiger partial charge in [0.25, 0.3) is 0 Å². The lowest BCUT2D eigenvalue weighted by Gasteiger charge is -2.15. The van der Waals surface area contributed by atoms with E-state index in [1.807, 2.05) is 25.2 Å². The lowest BCUT2D eigenvalue weighted by Crippen LogP contribution is -2.11. The Bertz CT molecular complexity index is 501. The van der Waals surface area contributed by atoms with Gasteiger partial charge in [-0.1, -0.05) is 45.9 Å². The van der Waals surface area contributed by atoms with Crippen LogP contribution in [0.25, 0.3) is 0 Å². The van der Waals surface area contributed by atoms with Crippen molar-refractivity contribution in [1.29, 1.82) is 0 Å². The van der Waals surface area contributed by atoms with Crippen LogP contribution >= 0.6 is 27.7 Å². The molecule has 0 aliphatic carbocycles. The number of aryl methyl sites for hydroxylation is 1. The smallest absolute Gasteiger partial charge is 0.209 e. The van der Waals surface area contributed by atoms with Crippen LogP contribution < -0.4 is 5.73 Å². The molecule has 1 aromatic heterocycles. The van der Waals surface area contributed by atoms with E-state index in [4.69, 9.17) is 5.73 Å². The van der Waals surface area contributed by atoms with E-state index in [9.17, 15) is 0 Å². The molecular formula is C10H12BrN5S. The zero-order valence-corrected chi connectivity index (χ0v) is 11.6. The Hall–Kier alpha value is -0.920. The highest BCUT2D eigenvalue weighted by Gasteiger charge is 2.17. The quantitative estimate of drug-likeness (QED) is 0.871. The predicted molar refractivity (Wildman–Crippen MR) is 70.6 cm³/mol. The van der Waals surface area contributed by atoms with Crippen LogP contribution in [0.5, 0.6) is 0 Å². The summed E-state index contributed by atoms with van der Waals surface area (Å²) >= 11 is 5.09. The number of thioether (sulfide) groups is 1. The Kier molecular flexibility index (Phi) is 4.14. The van der Waals surface area contributed by atoms with Crippen LogP contribution in [0.2, 0.25) is 0 Å². The van der Waals surface area contributed by atoms with E-state index in [0.29, 0.717) is 6.54 Å². The predicted octanol–water partition coefficient (Wildman–Crippen LogP) is 1.76. The minimum atomic E-state index is 0.135. The van der Waals surface area contributed by atoms with Crippen LogP contribution in [-0.2, 0) is 7.05 Å². The number of benzene rings is 1. The van der Waals surface area contributed by atoms with Gasteiger partial charge in [-0.15, -0.1) is 5.10 Å². The van der Waals surface area contributed by atoms with E-state index in [2.05, 4.69) is 37.5 Å². The van der Waals surface area contributed by atoms with Crippen molar-refractivity contribution < 1.29 is 0 Å². The van der Waals surface area contributed by atoms with Crippen molar-refractivity contribution in [2.45, 2.75) is 10.4 Å². The molecule has 0 bridgehead atoms. The van der Waals surface area contributed by atoms with Gasteiger partial charge in [0, 0.05) is 18.1 Å². The number of aromatic nitrogens is 4. The minimum Gasteiger partial charge on any atom is -0.329 e. The second-order valence-corrected chi connectivity index (χ2v) is 5.47. The second-order valence-electron chi connectivity index (χ2n) is 3.45. The topological polar surface area (TPSA) is 69.6 Å². The molecule has 0 fully saturated rings. The van der Waals surface area contributed by atoms with Gasteiger partial charge in [-0.3, -0.25) is 0 Å². The number of tetrazole rings is 1. The number of nitrogens with zero attached hydrogens (tertiary/aromatic N) is 4. The van der Waals surface area contributed by atoms with Crippen molar-refractivity contribution in [2.75, 3.05) is 6.54 Å². The Morgan fingerprint density at radius 3 is 2.82 bits per heavy atom. The standard InChI is InChI=1S/C10H12BrN5S/c1-16-10(13-14-15-16)17-9(6-12)7-4-2-3-5-8(7)11/h2-5,9H,6,12H2,1H3. The first-order valence-corrected chi connectivity index (χ1v) is 6.73. The van der Waals surface area contributed by atoms with E-state index in [1.54, 1.807) is 16.4 Å². The first kappa shape index (κ1) is 12.5. The highest BCUT2D eigenvalue weighted by Crippen LogP contribution is 2.36. The summed E-state index contributed by atoms with van der Waals surface area (Å²) in [6, 6.07) is 8.04. The zero-order valence-electron chi connectivity index (χ0n) is 9.25. The number of hydrogen-bond acceptors (Lipinski definition) is 5. The molecule has 1 aromatic carbocycles. The molecule has 2 N–H and O–H groups in total. The van der Waals surface area contributed by atoms with Crippen LogP contribution in [0, 0.1) is 0 Å². The van der Waals surface area contributed by atoms with Gasteiger partial charge in [0.05, 0.1) is 5.25 Å². The summed E-state index contributed by atoms with van der Waals surface area (Å²) in [7, 11) is 1.82. The van der Waals surface area contributed by atoms with Gasteiger partial charge in [-0.05, 0) is 22.1 Å². The van der Waals surface area contributed by atoms with Gasteiger partial charge in [0.1, 0.15) is 0 Å². The summed E-state index contributed by atoms with van der Waals surface area (Å²) < 4.78 is 2.70. The average Bonchev–Trinajstić information content (AvgIpc) is 2.73. The Labute approximate surface area is 112 Å². The average molecular weight is 314 g/mol. The number of nitrogens with two attached hydrogens (primary N) is 1. The van der Waals surface area contributed by atoms with Gasteiger partial charge >= 0.3 is 0 Å². The summed E-state index contributed by atoms with van der Waals surface area (Å²) in [5.41, 5.74) is 6.98. The van der Waals surface area contributed by atoms with Crippen LogP contribution in [0.1, 0.15) is 10.8 Å². The zero-order chi connectivity index (χ0) is 12.3. The van der Waals surface area contributed by atoms with Crippen LogP contribution in [0.4, 0.5) is 0 Å². The van der Waals surface area contributed by atoms with Gasteiger partial charge in [0.15, 0.2) is 0 Å². The van der Waals surface area contributed by atoms with Gasteiger partial charge in [-0.25, -0.2) is 4.68 Å². The van der Waals surface area contributed by atoms with Crippen molar-refractivity contribution >= 4 is 27.7 Å². The van der Waals surface area contributed by atoms with E-state index in [0.717, 1.165) is 15.2 Å². The van der Waals surface area contributed by atoms with Crippen molar-refractivity contribution in [2.24, 2.45) is 12.8 Å². The normalized spacial score (nSPS) is 12.6. The van der Waals surface area contributed by atoms with E-state index < -0.39 is 0 Å². The fourth-order valence-corrected chi connectivity index (χ4v) is 3.09. The SMILES string of the molecule is Cn1nnnc1SC(CN)c1ccccc1Br. The molecule has 0 saturated carbocycles. The minimum absolute atomic E-state index is 0.135. The molecule has 0 aliphatic heterocycles. The molecule has 0 radical (unpaired) electrons. The monoisotopic (exact) mass is 313 g/mol. The Balaban J connectivity index is 2.23. The number of halogens is 1. The lowest BCUT2D eigenvalue weighted by molar-refractivity contribution is 0.663. The maximum absolute atomic E-state index is 5.82. The molecule has 0 saturated heterocycles. The van der Waals surface area contributed by atoms with Gasteiger partial charge in [0.2, 0.25) is 5.16 Å². The van der Waals surface area contributed by atoms with E-state index >= 15 is 0 Å². The molecule has 0 spiro atoms. The highest BCUT2D eigenvalue weighted by atomic mass is 79.9. The molecule has 7 heteroatoms.